The Morgan fingerprint density at radius 3 is 2.44 bits per heavy atom. The van der Waals surface area contributed by atoms with Gasteiger partial charge in [-0.1, -0.05) is 35.9 Å². The van der Waals surface area contributed by atoms with E-state index in [0.29, 0.717) is 35.9 Å². The summed E-state index contributed by atoms with van der Waals surface area (Å²) >= 11 is 6.09. The number of rotatable bonds is 12. The van der Waals surface area contributed by atoms with E-state index in [9.17, 15) is 14.0 Å². The van der Waals surface area contributed by atoms with Crippen LogP contribution in [0.3, 0.4) is 0 Å². The third kappa shape index (κ3) is 8.48. The first-order valence-corrected chi connectivity index (χ1v) is 11.0. The average molecular weight is 465 g/mol. The Labute approximate surface area is 193 Å². The second-order valence-corrected chi connectivity index (χ2v) is 8.01. The molecule has 2 aromatic rings. The van der Waals surface area contributed by atoms with E-state index in [4.69, 9.17) is 21.1 Å². The van der Waals surface area contributed by atoms with Crippen molar-refractivity contribution in [1.82, 2.24) is 10.2 Å². The maximum absolute atomic E-state index is 13.3. The molecule has 174 valence electrons. The molecule has 0 aliphatic carbocycles. The van der Waals surface area contributed by atoms with Gasteiger partial charge >= 0.3 is 0 Å². The van der Waals surface area contributed by atoms with E-state index in [0.717, 1.165) is 0 Å². The number of amides is 2. The lowest BCUT2D eigenvalue weighted by atomic mass is 10.1. The molecular formula is C24H30ClFN2O4. The van der Waals surface area contributed by atoms with Crippen molar-refractivity contribution in [2.24, 2.45) is 0 Å². The van der Waals surface area contributed by atoms with Crippen molar-refractivity contribution in [3.05, 3.63) is 64.9 Å². The topological polar surface area (TPSA) is 67.9 Å². The van der Waals surface area contributed by atoms with Crippen molar-refractivity contribution in [1.29, 1.82) is 0 Å². The Hall–Kier alpha value is -2.64. The number of para-hydroxylation sites is 1. The molecule has 0 fully saturated rings. The molecule has 0 saturated carbocycles. The average Bonchev–Trinajstić information content (AvgIpc) is 2.77. The second kappa shape index (κ2) is 13.0. The first kappa shape index (κ1) is 25.6. The number of carbonyl (C=O) groups is 2. The normalized spacial score (nSPS) is 11.8. The number of hydrogen-bond acceptors (Lipinski definition) is 4. The zero-order valence-electron chi connectivity index (χ0n) is 18.6. The molecule has 32 heavy (non-hydrogen) atoms. The Bertz CT molecular complexity index is 877. The van der Waals surface area contributed by atoms with Crippen molar-refractivity contribution >= 4 is 23.4 Å². The molecule has 0 unspecified atom stereocenters. The minimum absolute atomic E-state index is 0.131. The van der Waals surface area contributed by atoms with E-state index in [1.807, 2.05) is 13.8 Å². The summed E-state index contributed by atoms with van der Waals surface area (Å²) < 4.78 is 24.3. The van der Waals surface area contributed by atoms with Gasteiger partial charge in [0.2, 0.25) is 5.91 Å². The number of nitrogens with zero attached hydrogens (tertiary/aromatic N) is 1. The van der Waals surface area contributed by atoms with Gasteiger partial charge in [-0.3, -0.25) is 9.59 Å². The smallest absolute Gasteiger partial charge is 0.261 e. The van der Waals surface area contributed by atoms with E-state index >= 15 is 0 Å². The van der Waals surface area contributed by atoms with Gasteiger partial charge < -0.3 is 19.7 Å². The van der Waals surface area contributed by atoms with Crippen LogP contribution in [0.1, 0.15) is 32.8 Å². The first-order valence-electron chi connectivity index (χ1n) is 10.6. The van der Waals surface area contributed by atoms with Gasteiger partial charge in [-0.15, -0.1) is 0 Å². The number of halogens is 2. The van der Waals surface area contributed by atoms with Crippen LogP contribution in [0, 0.1) is 5.82 Å². The Kier molecular flexibility index (Phi) is 10.4. The Balaban J connectivity index is 2.03. The van der Waals surface area contributed by atoms with E-state index < -0.39 is 6.04 Å². The monoisotopic (exact) mass is 464 g/mol. The summed E-state index contributed by atoms with van der Waals surface area (Å²) in [6, 6.07) is 11.9. The largest absolute Gasteiger partial charge is 0.482 e. The molecule has 1 atom stereocenters. The summed E-state index contributed by atoms with van der Waals surface area (Å²) in [5.41, 5.74) is 0.697. The molecule has 8 heteroatoms. The van der Waals surface area contributed by atoms with Gasteiger partial charge in [0.1, 0.15) is 17.6 Å². The molecule has 0 aliphatic heterocycles. The lowest BCUT2D eigenvalue weighted by Crippen LogP contribution is -2.49. The van der Waals surface area contributed by atoms with Crippen LogP contribution in [0.25, 0.3) is 0 Å². The highest BCUT2D eigenvalue weighted by Crippen LogP contribution is 2.23. The van der Waals surface area contributed by atoms with Gasteiger partial charge in [0.25, 0.3) is 5.91 Å². The predicted octanol–water partition coefficient (Wildman–Crippen LogP) is 4.21. The number of ether oxygens (including phenoxy) is 2. The molecule has 1 N–H and O–H groups in total. The third-order valence-corrected chi connectivity index (χ3v) is 5.01. The molecule has 2 amide bonds. The molecule has 6 nitrogen and oxygen atoms in total. The predicted molar refractivity (Wildman–Crippen MR) is 122 cm³/mol. The Morgan fingerprint density at radius 1 is 1.09 bits per heavy atom. The highest BCUT2D eigenvalue weighted by Gasteiger charge is 2.26. The van der Waals surface area contributed by atoms with E-state index in [-0.39, 0.29) is 36.9 Å². The number of benzene rings is 2. The molecule has 2 aromatic carbocycles. The quantitative estimate of drug-likeness (QED) is 0.478. The van der Waals surface area contributed by atoms with Gasteiger partial charge in [-0.25, -0.2) is 4.39 Å². The fourth-order valence-corrected chi connectivity index (χ4v) is 3.09. The summed E-state index contributed by atoms with van der Waals surface area (Å²) in [6.07, 6.45) is 0.796. The highest BCUT2D eigenvalue weighted by molar-refractivity contribution is 6.32. The number of carbonyl (C=O) groups excluding carboxylic acids is 2. The fraction of sp³-hybridized carbons (Fsp3) is 0.417. The first-order chi connectivity index (χ1) is 15.3. The van der Waals surface area contributed by atoms with E-state index in [1.165, 1.54) is 17.0 Å². The maximum Gasteiger partial charge on any atom is 0.261 e. The molecule has 0 heterocycles. The molecule has 0 aliphatic rings. The lowest BCUT2D eigenvalue weighted by Gasteiger charge is -2.29. The van der Waals surface area contributed by atoms with Gasteiger partial charge in [0, 0.05) is 19.7 Å². The zero-order valence-corrected chi connectivity index (χ0v) is 19.4. The summed E-state index contributed by atoms with van der Waals surface area (Å²) in [6.45, 7) is 6.37. The van der Waals surface area contributed by atoms with Crippen molar-refractivity contribution in [2.75, 3.05) is 19.8 Å². The molecule has 0 radical (unpaired) electrons. The van der Waals surface area contributed by atoms with Crippen LogP contribution in [0.5, 0.6) is 5.75 Å². The molecular weight excluding hydrogens is 435 g/mol. The number of hydrogen-bond donors (Lipinski definition) is 1. The summed E-state index contributed by atoms with van der Waals surface area (Å²) in [5.74, 6) is -0.669. The molecule has 0 bridgehead atoms. The summed E-state index contributed by atoms with van der Waals surface area (Å²) in [7, 11) is 0. The minimum atomic E-state index is -0.756. The number of nitrogens with one attached hydrogen (secondary N) is 1. The SMILES string of the molecule is CC(C)OCCCNC(=O)[C@H](C)N(Cc1ccc(F)cc1)C(=O)COc1ccccc1Cl. The van der Waals surface area contributed by atoms with Gasteiger partial charge in [-0.05, 0) is 57.0 Å². The standard InChI is InChI=1S/C24H30ClFN2O4/c1-17(2)31-14-6-13-27-24(30)18(3)28(15-19-9-11-20(26)12-10-19)23(29)16-32-22-8-5-4-7-21(22)25/h4-5,7-12,17-18H,6,13-16H2,1-3H3,(H,27,30)/t18-/m0/s1. The van der Waals surface area contributed by atoms with E-state index in [1.54, 1.807) is 43.3 Å². The molecule has 0 spiro atoms. The molecule has 0 aromatic heterocycles. The van der Waals surface area contributed by atoms with Crippen molar-refractivity contribution in [3.63, 3.8) is 0 Å². The second-order valence-electron chi connectivity index (χ2n) is 7.61. The minimum Gasteiger partial charge on any atom is -0.482 e. The van der Waals surface area contributed by atoms with Crippen LogP contribution in [0.15, 0.2) is 48.5 Å². The third-order valence-electron chi connectivity index (χ3n) is 4.69. The van der Waals surface area contributed by atoms with Crippen LogP contribution in [0.2, 0.25) is 5.02 Å². The summed E-state index contributed by atoms with van der Waals surface area (Å²) in [5, 5.41) is 3.22. The molecule has 2 rings (SSSR count). The highest BCUT2D eigenvalue weighted by atomic mass is 35.5. The lowest BCUT2D eigenvalue weighted by molar-refractivity contribution is -0.142. The van der Waals surface area contributed by atoms with Crippen molar-refractivity contribution in [3.8, 4) is 5.75 Å². The Morgan fingerprint density at radius 2 is 1.78 bits per heavy atom. The van der Waals surface area contributed by atoms with Crippen molar-refractivity contribution < 1.29 is 23.5 Å². The van der Waals surface area contributed by atoms with Crippen LogP contribution in [-0.4, -0.2) is 48.6 Å². The molecule has 0 saturated heterocycles. The van der Waals surface area contributed by atoms with Crippen molar-refractivity contribution in [2.45, 2.75) is 45.9 Å². The van der Waals surface area contributed by atoms with Crippen LogP contribution < -0.4 is 10.1 Å². The van der Waals surface area contributed by atoms with Gasteiger partial charge in [-0.2, -0.15) is 0 Å². The zero-order chi connectivity index (χ0) is 23.5. The van der Waals surface area contributed by atoms with Gasteiger partial charge in [0.15, 0.2) is 6.61 Å². The maximum atomic E-state index is 13.3. The summed E-state index contributed by atoms with van der Waals surface area (Å²) in [4.78, 5) is 27.1. The van der Waals surface area contributed by atoms with Crippen LogP contribution >= 0.6 is 11.6 Å². The fourth-order valence-electron chi connectivity index (χ4n) is 2.90. The van der Waals surface area contributed by atoms with Gasteiger partial charge in [0.05, 0.1) is 11.1 Å². The van der Waals surface area contributed by atoms with E-state index in [2.05, 4.69) is 5.32 Å². The van der Waals surface area contributed by atoms with Crippen LogP contribution in [-0.2, 0) is 20.9 Å². The van der Waals surface area contributed by atoms with Crippen LogP contribution in [0.4, 0.5) is 4.39 Å².